The van der Waals surface area contributed by atoms with Gasteiger partial charge in [-0.1, -0.05) is 19.9 Å². The van der Waals surface area contributed by atoms with Crippen LogP contribution >= 0.6 is 0 Å². The number of anilines is 1. The summed E-state index contributed by atoms with van der Waals surface area (Å²) in [6.07, 6.45) is 4.34. The molecule has 0 saturated carbocycles. The van der Waals surface area contributed by atoms with Crippen LogP contribution in [0.5, 0.6) is 0 Å². The van der Waals surface area contributed by atoms with Crippen LogP contribution in [0.1, 0.15) is 46.5 Å². The van der Waals surface area contributed by atoms with Gasteiger partial charge in [-0.25, -0.2) is 4.79 Å². The Labute approximate surface area is 149 Å². The van der Waals surface area contributed by atoms with Gasteiger partial charge >= 0.3 is 6.09 Å². The molecule has 0 saturated heterocycles. The van der Waals surface area contributed by atoms with Crippen molar-refractivity contribution in [2.75, 3.05) is 5.32 Å². The molecule has 25 heavy (non-hydrogen) atoms. The van der Waals surface area contributed by atoms with Crippen molar-refractivity contribution in [3.8, 4) is 11.1 Å². The Morgan fingerprint density at radius 1 is 1.20 bits per heavy atom. The van der Waals surface area contributed by atoms with Gasteiger partial charge in [-0.2, -0.15) is 0 Å². The third-order valence-corrected chi connectivity index (χ3v) is 3.28. The van der Waals surface area contributed by atoms with Crippen LogP contribution in [0.25, 0.3) is 11.1 Å². The van der Waals surface area contributed by atoms with Crippen LogP contribution in [-0.4, -0.2) is 27.4 Å². The zero-order valence-electron chi connectivity index (χ0n) is 15.2. The fourth-order valence-electron chi connectivity index (χ4n) is 2.13. The fraction of sp³-hybridized carbons (Fsp3) is 0.368. The maximum absolute atomic E-state index is 12.4. The van der Waals surface area contributed by atoms with Gasteiger partial charge in [0.2, 0.25) is 0 Å². The Morgan fingerprint density at radius 2 is 1.92 bits per heavy atom. The summed E-state index contributed by atoms with van der Waals surface area (Å²) in [6.45, 7) is 8.90. The second kappa shape index (κ2) is 7.42. The number of nitrogens with zero attached hydrogens (tertiary/aromatic N) is 2. The van der Waals surface area contributed by atoms with Crippen molar-refractivity contribution < 1.29 is 15.8 Å². The highest BCUT2D eigenvalue weighted by Gasteiger charge is 2.22. The zero-order valence-corrected chi connectivity index (χ0v) is 15.2. The van der Waals surface area contributed by atoms with Crippen LogP contribution in [0.4, 0.5) is 10.5 Å². The number of pyridine rings is 2. The van der Waals surface area contributed by atoms with Gasteiger partial charge in [0.05, 0.1) is 5.69 Å². The summed E-state index contributed by atoms with van der Waals surface area (Å²) in [5, 5.41) is 2.65. The summed E-state index contributed by atoms with van der Waals surface area (Å²) in [4.78, 5) is 32.9. The molecule has 134 valence electrons. The first-order valence-corrected chi connectivity index (χ1v) is 8.12. The molecule has 2 rings (SSSR count). The van der Waals surface area contributed by atoms with Crippen molar-refractivity contribution in [1.29, 1.82) is 0 Å². The molecule has 0 aliphatic carbocycles. The predicted octanol–water partition coefficient (Wildman–Crippen LogP) is 4.58. The molecule has 1 N–H and O–H groups in total. The van der Waals surface area contributed by atoms with E-state index < -0.39 is 11.7 Å². The Kier molecular flexibility index (Phi) is 5.51. The Balaban J connectivity index is 0.00000338. The minimum Gasteiger partial charge on any atom is -0.444 e. The summed E-state index contributed by atoms with van der Waals surface area (Å²) >= 11 is 0. The average molecular weight is 343 g/mol. The summed E-state index contributed by atoms with van der Waals surface area (Å²) in [5.74, 6) is -0.389. The molecule has 2 aromatic rings. The Bertz CT molecular complexity index is 771. The average Bonchev–Trinajstić information content (AvgIpc) is 2.53. The number of nitrogens with one attached hydrogen (secondary N) is 1. The van der Waals surface area contributed by atoms with Gasteiger partial charge in [0.15, 0.2) is 5.78 Å². The molecule has 0 unspecified atom stereocenters. The highest BCUT2D eigenvalue weighted by molar-refractivity contribution is 6.03. The molecule has 0 bridgehead atoms. The van der Waals surface area contributed by atoms with Crippen molar-refractivity contribution >= 4 is 17.6 Å². The number of hydrogen-bond donors (Lipinski definition) is 1. The lowest BCUT2D eigenvalue weighted by Gasteiger charge is -2.20. The molecule has 6 nitrogen and oxygen atoms in total. The van der Waals surface area contributed by atoms with Crippen molar-refractivity contribution in [2.24, 2.45) is 5.92 Å². The number of rotatable bonds is 4. The van der Waals surface area contributed by atoms with Gasteiger partial charge in [-0.15, -0.1) is 0 Å². The van der Waals surface area contributed by atoms with E-state index in [0.717, 1.165) is 11.1 Å². The number of hydrogen-bond acceptors (Lipinski definition) is 5. The van der Waals surface area contributed by atoms with Crippen LogP contribution in [-0.2, 0) is 4.74 Å². The fourth-order valence-corrected chi connectivity index (χ4v) is 2.13. The lowest BCUT2D eigenvalue weighted by Crippen LogP contribution is -2.28. The second-order valence-electron chi connectivity index (χ2n) is 7.01. The molecule has 0 atom stereocenters. The van der Waals surface area contributed by atoms with Crippen molar-refractivity contribution in [1.82, 2.24) is 9.97 Å². The number of amides is 1. The summed E-state index contributed by atoms with van der Waals surface area (Å²) in [7, 11) is 0. The summed E-state index contributed by atoms with van der Waals surface area (Å²) < 4.78 is 5.28. The number of ether oxygens (including phenoxy) is 1. The maximum Gasteiger partial charge on any atom is 0.412 e. The van der Waals surface area contributed by atoms with Gasteiger partial charge in [0.25, 0.3) is 0 Å². The normalized spacial score (nSPS) is 11.3. The molecular formula is C19H25N3O3. The standard InChI is InChI=1S/C19H23N3O3.H2/c1-12(2)17(23)16-15(22-18(24)25-19(3,4)5)9-14(11-21-16)13-7-6-8-20-10-13;/h6-12H,1-5H3,(H,22,24);1H. The van der Waals surface area contributed by atoms with Crippen LogP contribution in [0.3, 0.4) is 0 Å². The topological polar surface area (TPSA) is 81.2 Å². The third-order valence-electron chi connectivity index (χ3n) is 3.28. The van der Waals surface area contributed by atoms with E-state index in [1.165, 1.54) is 0 Å². The monoisotopic (exact) mass is 343 g/mol. The number of ketones is 1. The lowest BCUT2D eigenvalue weighted by atomic mass is 10.0. The van der Waals surface area contributed by atoms with Crippen LogP contribution < -0.4 is 5.32 Å². The Morgan fingerprint density at radius 3 is 2.48 bits per heavy atom. The largest absolute Gasteiger partial charge is 0.444 e. The zero-order chi connectivity index (χ0) is 18.6. The molecule has 0 spiro atoms. The predicted molar refractivity (Wildman–Crippen MR) is 98.6 cm³/mol. The van der Waals surface area contributed by atoms with Crippen LogP contribution in [0.15, 0.2) is 36.8 Å². The quantitative estimate of drug-likeness (QED) is 0.822. The SMILES string of the molecule is CC(C)C(=O)c1ncc(-c2cccnc2)cc1NC(=O)OC(C)(C)C.[HH]. The molecule has 0 aromatic carbocycles. The van der Waals surface area contributed by atoms with E-state index in [0.29, 0.717) is 5.69 Å². The molecule has 0 aliphatic rings. The number of Topliss-reactive ketones (excluding diaryl/α,β-unsaturated/α-hetero) is 1. The van der Waals surface area contributed by atoms with E-state index in [1.54, 1.807) is 59.3 Å². The molecule has 2 aromatic heterocycles. The first kappa shape index (κ1) is 18.6. The summed E-state index contributed by atoms with van der Waals surface area (Å²) in [6, 6.07) is 5.40. The number of carbonyl (C=O) groups excluding carboxylic acids is 2. The molecule has 0 aliphatic heterocycles. The van der Waals surface area contributed by atoms with E-state index in [-0.39, 0.29) is 18.8 Å². The molecule has 1 amide bonds. The minimum absolute atomic E-state index is 0. The molecule has 6 heteroatoms. The van der Waals surface area contributed by atoms with Crippen LogP contribution in [0, 0.1) is 5.92 Å². The maximum atomic E-state index is 12.4. The highest BCUT2D eigenvalue weighted by atomic mass is 16.6. The smallest absolute Gasteiger partial charge is 0.412 e. The second-order valence-corrected chi connectivity index (χ2v) is 7.01. The molecular weight excluding hydrogens is 318 g/mol. The molecule has 2 heterocycles. The van der Waals surface area contributed by atoms with Gasteiger partial charge in [0, 0.05) is 37.1 Å². The van der Waals surface area contributed by atoms with E-state index in [9.17, 15) is 9.59 Å². The van der Waals surface area contributed by atoms with E-state index in [4.69, 9.17) is 4.74 Å². The first-order valence-electron chi connectivity index (χ1n) is 8.12. The first-order chi connectivity index (χ1) is 11.7. The van der Waals surface area contributed by atoms with Gasteiger partial charge in [-0.05, 0) is 32.9 Å². The summed E-state index contributed by atoms with van der Waals surface area (Å²) in [5.41, 5.74) is 1.49. The van der Waals surface area contributed by atoms with Gasteiger partial charge in [-0.3, -0.25) is 20.1 Å². The molecule has 0 radical (unpaired) electrons. The van der Waals surface area contributed by atoms with Crippen molar-refractivity contribution in [3.05, 3.63) is 42.5 Å². The third kappa shape index (κ3) is 5.11. The van der Waals surface area contributed by atoms with E-state index in [2.05, 4.69) is 15.3 Å². The van der Waals surface area contributed by atoms with E-state index in [1.807, 2.05) is 12.1 Å². The van der Waals surface area contributed by atoms with Gasteiger partial charge < -0.3 is 4.74 Å². The number of aromatic nitrogens is 2. The van der Waals surface area contributed by atoms with Crippen molar-refractivity contribution in [2.45, 2.75) is 40.2 Å². The highest BCUT2D eigenvalue weighted by Crippen LogP contribution is 2.25. The van der Waals surface area contributed by atoms with Crippen LogP contribution in [0.2, 0.25) is 0 Å². The Hall–Kier alpha value is -2.76. The lowest BCUT2D eigenvalue weighted by molar-refractivity contribution is 0.0636. The van der Waals surface area contributed by atoms with Crippen molar-refractivity contribution in [3.63, 3.8) is 0 Å². The number of carbonyl (C=O) groups is 2. The minimum atomic E-state index is -0.638. The van der Waals surface area contributed by atoms with Gasteiger partial charge in [0.1, 0.15) is 11.3 Å². The van der Waals surface area contributed by atoms with E-state index >= 15 is 0 Å². The molecule has 0 fully saturated rings.